The lowest BCUT2D eigenvalue weighted by molar-refractivity contribution is -0.245. The number of alkyl halides is 4. The molecule has 2 aliphatic carbocycles. The van der Waals surface area contributed by atoms with Gasteiger partial charge in [-0.3, -0.25) is 0 Å². The third-order valence-electron chi connectivity index (χ3n) is 6.24. The van der Waals surface area contributed by atoms with Gasteiger partial charge in [0.15, 0.2) is 6.29 Å². The maximum atomic E-state index is 13.9. The van der Waals surface area contributed by atoms with Gasteiger partial charge in [-0.05, 0) is 37.5 Å². The Bertz CT molecular complexity index is 380. The zero-order chi connectivity index (χ0) is 17.3. The predicted octanol–water partition coefficient (Wildman–Crippen LogP) is 4.77. The topological polar surface area (TPSA) is 18.5 Å². The van der Waals surface area contributed by atoms with Crippen molar-refractivity contribution in [3.63, 3.8) is 0 Å². The summed E-state index contributed by atoms with van der Waals surface area (Å²) in [6, 6.07) is 0. The van der Waals surface area contributed by atoms with Gasteiger partial charge in [-0.2, -0.15) is 0 Å². The van der Waals surface area contributed by atoms with Crippen molar-refractivity contribution in [2.75, 3.05) is 13.2 Å². The predicted molar refractivity (Wildman–Crippen MR) is 82.3 cm³/mol. The average molecular weight is 352 g/mol. The standard InChI is InChI=1S/C18H28F4O2/c1-10-2-4-11(5-3-10)13-8-23-18(24-9-13)12-6-14(19)16(17(21)22)15(20)7-12/h10-18H,2-9H2,1H3. The molecular formula is C18H28F4O2. The number of halogens is 4. The third-order valence-corrected chi connectivity index (χ3v) is 6.24. The van der Waals surface area contributed by atoms with Crippen molar-refractivity contribution >= 4 is 0 Å². The van der Waals surface area contributed by atoms with Gasteiger partial charge < -0.3 is 9.47 Å². The summed E-state index contributed by atoms with van der Waals surface area (Å²) in [6.07, 6.45) is -2.65. The van der Waals surface area contributed by atoms with Crippen LogP contribution in [0.15, 0.2) is 0 Å². The van der Waals surface area contributed by atoms with Crippen LogP contribution in [0.3, 0.4) is 0 Å². The van der Waals surface area contributed by atoms with Crippen LogP contribution in [0.5, 0.6) is 0 Å². The fraction of sp³-hybridized carbons (Fsp3) is 1.00. The zero-order valence-electron chi connectivity index (χ0n) is 14.2. The molecule has 3 aliphatic rings. The minimum atomic E-state index is -2.96. The van der Waals surface area contributed by atoms with Gasteiger partial charge in [0.25, 0.3) is 0 Å². The number of ether oxygens (including phenoxy) is 2. The molecule has 0 aromatic carbocycles. The van der Waals surface area contributed by atoms with Gasteiger partial charge in [0.2, 0.25) is 6.43 Å². The highest BCUT2D eigenvalue weighted by Gasteiger charge is 2.47. The van der Waals surface area contributed by atoms with Crippen LogP contribution in [0.25, 0.3) is 0 Å². The molecule has 0 radical (unpaired) electrons. The van der Waals surface area contributed by atoms with Crippen LogP contribution < -0.4 is 0 Å². The molecular weight excluding hydrogens is 324 g/mol. The van der Waals surface area contributed by atoms with E-state index in [-0.39, 0.29) is 12.8 Å². The Morgan fingerprint density at radius 2 is 1.33 bits per heavy atom. The smallest absolute Gasteiger partial charge is 0.247 e. The molecule has 2 saturated carbocycles. The highest BCUT2D eigenvalue weighted by atomic mass is 19.3. The molecule has 6 heteroatoms. The first-order valence-electron chi connectivity index (χ1n) is 9.25. The number of hydrogen-bond donors (Lipinski definition) is 0. The Morgan fingerprint density at radius 1 is 0.792 bits per heavy atom. The SMILES string of the molecule is CC1CCC(C2COC(C3CC(F)C(C(F)F)C(F)C3)OC2)CC1. The summed E-state index contributed by atoms with van der Waals surface area (Å²) in [4.78, 5) is 0. The Morgan fingerprint density at radius 3 is 1.83 bits per heavy atom. The molecule has 1 aliphatic heterocycles. The maximum Gasteiger partial charge on any atom is 0.247 e. The summed E-state index contributed by atoms with van der Waals surface area (Å²) in [7, 11) is 0. The lowest BCUT2D eigenvalue weighted by Gasteiger charge is -2.42. The fourth-order valence-corrected chi connectivity index (χ4v) is 4.59. The molecule has 24 heavy (non-hydrogen) atoms. The molecule has 1 heterocycles. The lowest BCUT2D eigenvalue weighted by atomic mass is 9.76. The normalized spacial score (nSPS) is 47.8. The van der Waals surface area contributed by atoms with Crippen molar-refractivity contribution in [1.82, 2.24) is 0 Å². The summed E-state index contributed by atoms with van der Waals surface area (Å²) < 4.78 is 64.8. The van der Waals surface area contributed by atoms with E-state index in [0.717, 1.165) is 5.92 Å². The van der Waals surface area contributed by atoms with E-state index in [1.807, 2.05) is 0 Å². The lowest BCUT2D eigenvalue weighted by Crippen LogP contribution is -2.47. The quantitative estimate of drug-likeness (QED) is 0.681. The minimum absolute atomic E-state index is 0.105. The van der Waals surface area contributed by atoms with Crippen LogP contribution >= 0.6 is 0 Å². The first-order chi connectivity index (χ1) is 11.5. The van der Waals surface area contributed by atoms with E-state index in [0.29, 0.717) is 25.0 Å². The molecule has 0 spiro atoms. The second-order valence-electron chi connectivity index (χ2n) is 7.99. The second-order valence-corrected chi connectivity index (χ2v) is 7.99. The van der Waals surface area contributed by atoms with Gasteiger partial charge in [-0.1, -0.05) is 19.8 Å². The van der Waals surface area contributed by atoms with Gasteiger partial charge >= 0.3 is 0 Å². The van der Waals surface area contributed by atoms with Gasteiger partial charge in [0, 0.05) is 11.8 Å². The molecule has 2 unspecified atom stereocenters. The highest BCUT2D eigenvalue weighted by Crippen LogP contribution is 2.41. The van der Waals surface area contributed by atoms with Crippen LogP contribution in [0.1, 0.15) is 45.4 Å². The van der Waals surface area contributed by atoms with Crippen molar-refractivity contribution in [2.24, 2.45) is 29.6 Å². The number of rotatable bonds is 3. The van der Waals surface area contributed by atoms with E-state index in [4.69, 9.17) is 9.47 Å². The zero-order valence-corrected chi connectivity index (χ0v) is 14.2. The molecule has 0 aromatic heterocycles. The Kier molecular flexibility index (Phi) is 6.07. The van der Waals surface area contributed by atoms with Crippen molar-refractivity contribution < 1.29 is 27.0 Å². The second kappa shape index (κ2) is 7.90. The van der Waals surface area contributed by atoms with Crippen molar-refractivity contribution in [3.8, 4) is 0 Å². The monoisotopic (exact) mass is 352 g/mol. The first-order valence-corrected chi connectivity index (χ1v) is 9.25. The Labute approximate surface area is 141 Å². The molecule has 2 nitrogen and oxygen atoms in total. The summed E-state index contributed by atoms with van der Waals surface area (Å²) in [5, 5.41) is 0. The van der Waals surface area contributed by atoms with Crippen LogP contribution in [-0.2, 0) is 9.47 Å². The van der Waals surface area contributed by atoms with E-state index in [1.165, 1.54) is 25.7 Å². The Balaban J connectivity index is 1.48. The molecule has 0 amide bonds. The highest BCUT2D eigenvalue weighted by molar-refractivity contribution is 4.90. The van der Waals surface area contributed by atoms with E-state index in [9.17, 15) is 17.6 Å². The van der Waals surface area contributed by atoms with Crippen LogP contribution in [-0.4, -0.2) is 38.3 Å². The van der Waals surface area contributed by atoms with E-state index < -0.39 is 36.9 Å². The summed E-state index contributed by atoms with van der Waals surface area (Å²) in [5.74, 6) is -0.556. The van der Waals surface area contributed by atoms with Crippen LogP contribution in [0, 0.1) is 29.6 Å². The fourth-order valence-electron chi connectivity index (χ4n) is 4.59. The maximum absolute atomic E-state index is 13.9. The summed E-state index contributed by atoms with van der Waals surface area (Å²) in [6.45, 7) is 3.37. The van der Waals surface area contributed by atoms with Crippen molar-refractivity contribution in [2.45, 2.75) is 70.5 Å². The van der Waals surface area contributed by atoms with Gasteiger partial charge in [0.05, 0.1) is 19.1 Å². The molecule has 0 bridgehead atoms. The molecule has 3 fully saturated rings. The summed E-state index contributed by atoms with van der Waals surface area (Å²) in [5.41, 5.74) is 0. The van der Waals surface area contributed by atoms with E-state index in [1.54, 1.807) is 0 Å². The van der Waals surface area contributed by atoms with E-state index >= 15 is 0 Å². The van der Waals surface area contributed by atoms with Crippen molar-refractivity contribution in [1.29, 1.82) is 0 Å². The molecule has 3 rings (SSSR count). The van der Waals surface area contributed by atoms with Crippen LogP contribution in [0.2, 0.25) is 0 Å². The molecule has 0 N–H and O–H groups in total. The molecule has 2 atom stereocenters. The largest absolute Gasteiger partial charge is 0.352 e. The minimum Gasteiger partial charge on any atom is -0.352 e. The van der Waals surface area contributed by atoms with Gasteiger partial charge in [-0.15, -0.1) is 0 Å². The average Bonchev–Trinajstić information content (AvgIpc) is 2.54. The van der Waals surface area contributed by atoms with Crippen molar-refractivity contribution in [3.05, 3.63) is 0 Å². The summed E-state index contributed by atoms with van der Waals surface area (Å²) >= 11 is 0. The van der Waals surface area contributed by atoms with Crippen LogP contribution in [0.4, 0.5) is 17.6 Å². The first kappa shape index (κ1) is 18.4. The molecule has 1 saturated heterocycles. The van der Waals surface area contributed by atoms with Gasteiger partial charge in [-0.25, -0.2) is 17.6 Å². The Hall–Kier alpha value is -0.360. The third kappa shape index (κ3) is 4.06. The number of hydrogen-bond acceptors (Lipinski definition) is 2. The van der Waals surface area contributed by atoms with E-state index in [2.05, 4.69) is 6.92 Å². The molecule has 140 valence electrons. The van der Waals surface area contributed by atoms with Gasteiger partial charge in [0.1, 0.15) is 12.3 Å². The molecule has 0 aromatic rings.